The zero-order valence-corrected chi connectivity index (χ0v) is 13.9. The average molecular weight is 324 g/mol. The van der Waals surface area contributed by atoms with Crippen LogP contribution in [0, 0.1) is 0 Å². The summed E-state index contributed by atoms with van der Waals surface area (Å²) in [6, 6.07) is 20.4. The first kappa shape index (κ1) is 16.5. The van der Waals surface area contributed by atoms with E-state index in [1.807, 2.05) is 41.3 Å². The van der Waals surface area contributed by atoms with Crippen LogP contribution in [0.25, 0.3) is 0 Å². The monoisotopic (exact) mass is 324 g/mol. The van der Waals surface area contributed by atoms with Gasteiger partial charge in [-0.3, -0.25) is 0 Å². The van der Waals surface area contributed by atoms with Crippen molar-refractivity contribution in [1.29, 1.82) is 0 Å². The number of nitrogens with one attached hydrogen (secondary N) is 1. The molecule has 1 fully saturated rings. The Hall–Kier alpha value is -2.33. The number of benzene rings is 2. The number of carbonyl (C=O) groups excluding carboxylic acids is 1. The predicted molar refractivity (Wildman–Crippen MR) is 94.8 cm³/mol. The Morgan fingerprint density at radius 2 is 1.71 bits per heavy atom. The molecule has 1 aliphatic rings. The third-order valence-corrected chi connectivity index (χ3v) is 4.29. The van der Waals surface area contributed by atoms with Gasteiger partial charge >= 0.3 is 6.03 Å². The zero-order valence-electron chi connectivity index (χ0n) is 13.9. The highest BCUT2D eigenvalue weighted by molar-refractivity contribution is 5.74. The largest absolute Gasteiger partial charge is 0.372 e. The molecule has 1 N–H and O–H groups in total. The lowest BCUT2D eigenvalue weighted by Crippen LogP contribution is -2.39. The van der Waals surface area contributed by atoms with Gasteiger partial charge in [-0.15, -0.1) is 0 Å². The first-order valence-electron chi connectivity index (χ1n) is 8.53. The number of likely N-dealkylation sites (tertiary alicyclic amines) is 1. The van der Waals surface area contributed by atoms with Crippen molar-refractivity contribution in [2.75, 3.05) is 19.6 Å². The van der Waals surface area contributed by atoms with Crippen molar-refractivity contribution in [3.05, 3.63) is 71.8 Å². The highest BCUT2D eigenvalue weighted by Crippen LogP contribution is 2.15. The van der Waals surface area contributed by atoms with E-state index in [-0.39, 0.29) is 12.1 Å². The van der Waals surface area contributed by atoms with E-state index in [1.165, 1.54) is 11.1 Å². The molecular formula is C20H24N2O2. The van der Waals surface area contributed by atoms with Crippen molar-refractivity contribution in [3.63, 3.8) is 0 Å². The summed E-state index contributed by atoms with van der Waals surface area (Å²) in [6.45, 7) is 2.70. The lowest BCUT2D eigenvalue weighted by Gasteiger charge is -2.17. The molecule has 4 heteroatoms. The van der Waals surface area contributed by atoms with Gasteiger partial charge in [0.1, 0.15) is 0 Å². The summed E-state index contributed by atoms with van der Waals surface area (Å²) < 4.78 is 5.92. The number of amides is 2. The van der Waals surface area contributed by atoms with Crippen molar-refractivity contribution < 1.29 is 9.53 Å². The molecule has 3 rings (SSSR count). The Morgan fingerprint density at radius 1 is 1.04 bits per heavy atom. The van der Waals surface area contributed by atoms with Crippen LogP contribution in [0.1, 0.15) is 17.5 Å². The maximum Gasteiger partial charge on any atom is 0.317 e. The van der Waals surface area contributed by atoms with Crippen LogP contribution in [0.5, 0.6) is 0 Å². The number of urea groups is 1. The summed E-state index contributed by atoms with van der Waals surface area (Å²) in [5, 5.41) is 3.00. The molecule has 0 saturated carbocycles. The van der Waals surface area contributed by atoms with Crippen LogP contribution in [-0.2, 0) is 17.8 Å². The van der Waals surface area contributed by atoms with Gasteiger partial charge in [0.05, 0.1) is 12.7 Å². The lowest BCUT2D eigenvalue weighted by atomic mass is 10.1. The molecule has 4 nitrogen and oxygen atoms in total. The van der Waals surface area contributed by atoms with E-state index in [0.717, 1.165) is 19.4 Å². The summed E-state index contributed by atoms with van der Waals surface area (Å²) in [5.74, 6) is 0. The molecule has 0 spiro atoms. The minimum Gasteiger partial charge on any atom is -0.372 e. The first-order chi connectivity index (χ1) is 11.8. The fourth-order valence-electron chi connectivity index (χ4n) is 2.91. The molecule has 1 heterocycles. The van der Waals surface area contributed by atoms with Gasteiger partial charge in [0.15, 0.2) is 0 Å². The van der Waals surface area contributed by atoms with Gasteiger partial charge in [0, 0.05) is 19.6 Å². The second-order valence-corrected chi connectivity index (χ2v) is 6.12. The van der Waals surface area contributed by atoms with Gasteiger partial charge in [-0.05, 0) is 24.0 Å². The van der Waals surface area contributed by atoms with Crippen molar-refractivity contribution in [2.45, 2.75) is 25.6 Å². The van der Waals surface area contributed by atoms with Crippen LogP contribution in [0.15, 0.2) is 60.7 Å². The SMILES string of the molecule is O=C(NCCc1ccccc1)N1CCC(OCc2ccccc2)C1. The van der Waals surface area contributed by atoms with Gasteiger partial charge in [0.2, 0.25) is 0 Å². The Kier molecular flexibility index (Phi) is 5.85. The number of hydrogen-bond donors (Lipinski definition) is 1. The molecule has 1 atom stereocenters. The normalized spacial score (nSPS) is 17.0. The molecular weight excluding hydrogens is 300 g/mol. The zero-order chi connectivity index (χ0) is 16.6. The van der Waals surface area contributed by atoms with Gasteiger partial charge in [-0.2, -0.15) is 0 Å². The Bertz CT molecular complexity index is 631. The summed E-state index contributed by atoms with van der Waals surface area (Å²) >= 11 is 0. The van der Waals surface area contributed by atoms with E-state index in [2.05, 4.69) is 29.6 Å². The Morgan fingerprint density at radius 3 is 2.42 bits per heavy atom. The molecule has 0 aromatic heterocycles. The van der Waals surface area contributed by atoms with E-state index in [1.54, 1.807) is 0 Å². The molecule has 0 aliphatic carbocycles. The quantitative estimate of drug-likeness (QED) is 0.886. The van der Waals surface area contributed by atoms with E-state index in [4.69, 9.17) is 4.74 Å². The maximum atomic E-state index is 12.2. The molecule has 2 amide bonds. The molecule has 2 aromatic carbocycles. The fourth-order valence-corrected chi connectivity index (χ4v) is 2.91. The van der Waals surface area contributed by atoms with Crippen molar-refractivity contribution in [1.82, 2.24) is 10.2 Å². The minimum atomic E-state index is 0.0109. The molecule has 1 saturated heterocycles. The molecule has 126 valence electrons. The Labute approximate surface area is 143 Å². The topological polar surface area (TPSA) is 41.6 Å². The van der Waals surface area contributed by atoms with Crippen molar-refractivity contribution >= 4 is 6.03 Å². The minimum absolute atomic E-state index is 0.0109. The van der Waals surface area contributed by atoms with Crippen molar-refractivity contribution in [2.24, 2.45) is 0 Å². The molecule has 2 aromatic rings. The highest BCUT2D eigenvalue weighted by atomic mass is 16.5. The molecule has 0 radical (unpaired) electrons. The van der Waals surface area contributed by atoms with Crippen LogP contribution in [-0.4, -0.2) is 36.7 Å². The van der Waals surface area contributed by atoms with Gasteiger partial charge in [-0.1, -0.05) is 60.7 Å². The summed E-state index contributed by atoms with van der Waals surface area (Å²) in [4.78, 5) is 14.1. The van der Waals surface area contributed by atoms with Crippen LogP contribution < -0.4 is 5.32 Å². The van der Waals surface area contributed by atoms with Crippen LogP contribution in [0.3, 0.4) is 0 Å². The van der Waals surface area contributed by atoms with Gasteiger partial charge < -0.3 is 15.0 Å². The van der Waals surface area contributed by atoms with E-state index < -0.39 is 0 Å². The Balaban J connectivity index is 1.36. The standard InChI is InChI=1S/C20H24N2O2/c23-20(21-13-11-17-7-3-1-4-8-17)22-14-12-19(15-22)24-16-18-9-5-2-6-10-18/h1-10,19H,11-16H2,(H,21,23). The first-order valence-corrected chi connectivity index (χ1v) is 8.53. The average Bonchev–Trinajstić information content (AvgIpc) is 3.11. The fraction of sp³-hybridized carbons (Fsp3) is 0.350. The number of nitrogens with zero attached hydrogens (tertiary/aromatic N) is 1. The summed E-state index contributed by atoms with van der Waals surface area (Å²) in [7, 11) is 0. The smallest absolute Gasteiger partial charge is 0.317 e. The summed E-state index contributed by atoms with van der Waals surface area (Å²) in [6.07, 6.45) is 1.89. The van der Waals surface area contributed by atoms with Gasteiger partial charge in [0.25, 0.3) is 0 Å². The van der Waals surface area contributed by atoms with Crippen LogP contribution in [0.4, 0.5) is 4.79 Å². The number of rotatable bonds is 6. The third kappa shape index (κ3) is 4.83. The van der Waals surface area contributed by atoms with E-state index >= 15 is 0 Å². The lowest BCUT2D eigenvalue weighted by molar-refractivity contribution is 0.0487. The van der Waals surface area contributed by atoms with Crippen molar-refractivity contribution in [3.8, 4) is 0 Å². The second-order valence-electron chi connectivity index (χ2n) is 6.12. The molecule has 1 aliphatic heterocycles. The maximum absolute atomic E-state index is 12.2. The third-order valence-electron chi connectivity index (χ3n) is 4.29. The summed E-state index contributed by atoms with van der Waals surface area (Å²) in [5.41, 5.74) is 2.41. The van der Waals surface area contributed by atoms with Gasteiger partial charge in [-0.25, -0.2) is 4.79 Å². The predicted octanol–water partition coefficient (Wildman–Crippen LogP) is 3.23. The van der Waals surface area contributed by atoms with E-state index in [9.17, 15) is 4.79 Å². The van der Waals surface area contributed by atoms with Crippen LogP contribution >= 0.6 is 0 Å². The number of ether oxygens (including phenoxy) is 1. The molecule has 0 bridgehead atoms. The highest BCUT2D eigenvalue weighted by Gasteiger charge is 2.26. The molecule has 24 heavy (non-hydrogen) atoms. The molecule has 1 unspecified atom stereocenters. The second kappa shape index (κ2) is 8.50. The number of hydrogen-bond acceptors (Lipinski definition) is 2. The van der Waals surface area contributed by atoms with E-state index in [0.29, 0.717) is 19.7 Å². The number of carbonyl (C=O) groups is 1. The van der Waals surface area contributed by atoms with Crippen LogP contribution in [0.2, 0.25) is 0 Å².